The lowest BCUT2D eigenvalue weighted by molar-refractivity contribution is -0.125. The van der Waals surface area contributed by atoms with Gasteiger partial charge in [0.1, 0.15) is 11.6 Å². The summed E-state index contributed by atoms with van der Waals surface area (Å²) in [4.78, 5) is 15.1. The third kappa shape index (κ3) is 4.70. The SMILES string of the molecule is O=C(COc1ccc(Cl)c(F)c1)NC12CC(C1)[C@@H](NC1CC(N3CCCC3)CCN1)C2. The Kier molecular flexibility index (Phi) is 6.12. The van der Waals surface area contributed by atoms with Crippen molar-refractivity contribution < 1.29 is 13.9 Å². The molecule has 2 aliphatic heterocycles. The van der Waals surface area contributed by atoms with Gasteiger partial charge >= 0.3 is 0 Å². The third-order valence-corrected chi connectivity index (χ3v) is 7.91. The molecule has 5 aliphatic rings. The Labute approximate surface area is 188 Å². The first kappa shape index (κ1) is 21.4. The van der Waals surface area contributed by atoms with Crippen LogP contribution in [-0.2, 0) is 4.79 Å². The molecule has 170 valence electrons. The zero-order valence-corrected chi connectivity index (χ0v) is 18.6. The molecule has 1 aromatic rings. The molecule has 2 bridgehead atoms. The highest BCUT2D eigenvalue weighted by Crippen LogP contribution is 2.52. The Hall–Kier alpha value is -1.41. The molecule has 3 saturated carbocycles. The van der Waals surface area contributed by atoms with Crippen LogP contribution in [0.1, 0.15) is 44.9 Å². The molecule has 1 amide bonds. The number of carbonyl (C=O) groups is 1. The van der Waals surface area contributed by atoms with E-state index in [1.54, 1.807) is 6.07 Å². The van der Waals surface area contributed by atoms with Crippen molar-refractivity contribution in [2.45, 2.75) is 68.7 Å². The number of nitrogens with one attached hydrogen (secondary N) is 3. The van der Waals surface area contributed by atoms with Crippen LogP contribution in [0.4, 0.5) is 4.39 Å². The van der Waals surface area contributed by atoms with Gasteiger partial charge in [0.05, 0.1) is 11.2 Å². The number of halogens is 2. The molecule has 31 heavy (non-hydrogen) atoms. The zero-order valence-electron chi connectivity index (χ0n) is 17.8. The van der Waals surface area contributed by atoms with Crippen molar-refractivity contribution in [3.8, 4) is 5.75 Å². The summed E-state index contributed by atoms with van der Waals surface area (Å²) >= 11 is 5.68. The van der Waals surface area contributed by atoms with Crippen LogP contribution in [0.15, 0.2) is 18.2 Å². The van der Waals surface area contributed by atoms with Crippen molar-refractivity contribution in [1.82, 2.24) is 20.9 Å². The van der Waals surface area contributed by atoms with Crippen LogP contribution in [0, 0.1) is 11.7 Å². The Balaban J connectivity index is 1.08. The molecule has 6 nitrogen and oxygen atoms in total. The number of ether oxygens (including phenoxy) is 1. The van der Waals surface area contributed by atoms with E-state index in [4.69, 9.17) is 16.3 Å². The summed E-state index contributed by atoms with van der Waals surface area (Å²) in [6.45, 7) is 3.46. The van der Waals surface area contributed by atoms with E-state index < -0.39 is 5.82 Å². The van der Waals surface area contributed by atoms with Crippen molar-refractivity contribution in [1.29, 1.82) is 0 Å². The minimum atomic E-state index is -0.548. The number of likely N-dealkylation sites (tertiary alicyclic amines) is 1. The monoisotopic (exact) mass is 450 g/mol. The Morgan fingerprint density at radius 2 is 2.10 bits per heavy atom. The fourth-order valence-electron chi connectivity index (χ4n) is 6.10. The molecule has 2 saturated heterocycles. The Bertz CT molecular complexity index is 813. The lowest BCUT2D eigenvalue weighted by atomic mass is 9.76. The normalized spacial score (nSPS) is 35.0. The third-order valence-electron chi connectivity index (χ3n) is 7.60. The second kappa shape index (κ2) is 8.85. The van der Waals surface area contributed by atoms with E-state index in [2.05, 4.69) is 20.9 Å². The van der Waals surface area contributed by atoms with Gasteiger partial charge in [-0.3, -0.25) is 10.1 Å². The van der Waals surface area contributed by atoms with E-state index in [1.165, 1.54) is 44.5 Å². The number of nitrogens with zero attached hydrogens (tertiary/aromatic N) is 1. The summed E-state index contributed by atoms with van der Waals surface area (Å²) in [5.74, 6) is 0.232. The fourth-order valence-corrected chi connectivity index (χ4v) is 6.22. The second-order valence-electron chi connectivity index (χ2n) is 9.77. The summed E-state index contributed by atoms with van der Waals surface area (Å²) in [5.41, 5.74) is -0.114. The maximum Gasteiger partial charge on any atom is 0.258 e. The van der Waals surface area contributed by atoms with Gasteiger partial charge in [-0.25, -0.2) is 4.39 Å². The van der Waals surface area contributed by atoms with E-state index in [1.807, 2.05) is 0 Å². The van der Waals surface area contributed by atoms with Crippen LogP contribution >= 0.6 is 11.6 Å². The van der Waals surface area contributed by atoms with Crippen molar-refractivity contribution in [2.24, 2.45) is 5.92 Å². The van der Waals surface area contributed by atoms with Crippen molar-refractivity contribution in [2.75, 3.05) is 26.2 Å². The molecule has 3 N–H and O–H groups in total. The Morgan fingerprint density at radius 1 is 1.29 bits per heavy atom. The highest BCUT2D eigenvalue weighted by atomic mass is 35.5. The summed E-state index contributed by atoms with van der Waals surface area (Å²) in [5, 5.41) is 10.7. The van der Waals surface area contributed by atoms with Gasteiger partial charge in [-0.2, -0.15) is 0 Å². The first-order valence-electron chi connectivity index (χ1n) is 11.6. The Morgan fingerprint density at radius 3 is 2.87 bits per heavy atom. The molecular weight excluding hydrogens is 419 g/mol. The molecule has 5 fully saturated rings. The van der Waals surface area contributed by atoms with Gasteiger partial charge in [-0.15, -0.1) is 0 Å². The van der Waals surface area contributed by atoms with Gasteiger partial charge in [0.15, 0.2) is 6.61 Å². The first-order valence-corrected chi connectivity index (χ1v) is 12.0. The highest BCUT2D eigenvalue weighted by molar-refractivity contribution is 6.30. The van der Waals surface area contributed by atoms with Crippen molar-refractivity contribution >= 4 is 17.5 Å². The second-order valence-corrected chi connectivity index (χ2v) is 10.2. The van der Waals surface area contributed by atoms with E-state index in [0.717, 1.165) is 32.2 Å². The summed E-state index contributed by atoms with van der Waals surface area (Å²) < 4.78 is 19.0. The van der Waals surface area contributed by atoms with Crippen LogP contribution < -0.4 is 20.7 Å². The fraction of sp³-hybridized carbons (Fsp3) is 0.696. The average molecular weight is 451 g/mol. The number of hydrogen-bond donors (Lipinski definition) is 3. The molecule has 6 rings (SSSR count). The smallest absolute Gasteiger partial charge is 0.258 e. The van der Waals surface area contributed by atoms with Gasteiger partial charge in [0.2, 0.25) is 0 Å². The van der Waals surface area contributed by atoms with Gasteiger partial charge in [0.25, 0.3) is 5.91 Å². The molecular formula is C23H32ClFN4O2. The largest absolute Gasteiger partial charge is 0.484 e. The predicted octanol–water partition coefficient (Wildman–Crippen LogP) is 2.66. The predicted molar refractivity (Wildman–Crippen MR) is 118 cm³/mol. The van der Waals surface area contributed by atoms with Crippen LogP contribution in [-0.4, -0.2) is 60.8 Å². The van der Waals surface area contributed by atoms with E-state index in [9.17, 15) is 9.18 Å². The number of fused-ring (bicyclic) bond motifs is 1. The quantitative estimate of drug-likeness (QED) is 0.596. The zero-order chi connectivity index (χ0) is 21.4. The van der Waals surface area contributed by atoms with Crippen LogP contribution in [0.5, 0.6) is 5.75 Å². The topological polar surface area (TPSA) is 65.6 Å². The lowest BCUT2D eigenvalue weighted by Crippen LogP contribution is -2.55. The van der Waals surface area contributed by atoms with Gasteiger partial charge in [-0.05, 0) is 82.6 Å². The maximum atomic E-state index is 13.5. The van der Waals surface area contributed by atoms with Crippen molar-refractivity contribution in [3.05, 3.63) is 29.0 Å². The summed E-state index contributed by atoms with van der Waals surface area (Å²) in [6, 6.07) is 5.34. The number of carbonyl (C=O) groups excluding carboxylic acids is 1. The minimum absolute atomic E-state index is 0.0416. The lowest BCUT2D eigenvalue weighted by Gasteiger charge is -2.40. The van der Waals surface area contributed by atoms with E-state index in [-0.39, 0.29) is 23.1 Å². The molecule has 2 heterocycles. The van der Waals surface area contributed by atoms with Crippen LogP contribution in [0.2, 0.25) is 5.02 Å². The van der Waals surface area contributed by atoms with Crippen LogP contribution in [0.25, 0.3) is 0 Å². The number of hydrogen-bond acceptors (Lipinski definition) is 5. The minimum Gasteiger partial charge on any atom is -0.484 e. The molecule has 3 atom stereocenters. The number of rotatable bonds is 7. The van der Waals surface area contributed by atoms with Gasteiger partial charge < -0.3 is 20.3 Å². The maximum absolute atomic E-state index is 13.5. The first-order chi connectivity index (χ1) is 15.0. The number of piperidine rings is 1. The molecule has 0 radical (unpaired) electrons. The van der Waals surface area contributed by atoms with E-state index in [0.29, 0.717) is 29.9 Å². The number of benzene rings is 1. The molecule has 8 heteroatoms. The summed E-state index contributed by atoms with van der Waals surface area (Å²) in [7, 11) is 0. The van der Waals surface area contributed by atoms with E-state index >= 15 is 0 Å². The standard InChI is InChI=1S/C23H32ClFN4O2/c24-18-4-3-17(10-19(18)25)31-14-22(30)28-23-11-15(12-23)20(13-23)27-21-9-16(5-6-26-21)29-7-1-2-8-29/h3-4,10,15-16,20-21,26-27H,1-2,5-9,11-14H2,(H,28,30)/t15?,16?,20-,21?,23?/m0/s1. The molecule has 2 unspecified atom stereocenters. The summed E-state index contributed by atoms with van der Waals surface area (Å²) in [6.07, 6.45) is 8.45. The van der Waals surface area contributed by atoms with Gasteiger partial charge in [0, 0.05) is 23.7 Å². The van der Waals surface area contributed by atoms with Crippen LogP contribution in [0.3, 0.4) is 0 Å². The van der Waals surface area contributed by atoms with Gasteiger partial charge in [-0.1, -0.05) is 11.6 Å². The molecule has 1 aromatic carbocycles. The molecule has 0 aromatic heterocycles. The highest BCUT2D eigenvalue weighted by Gasteiger charge is 2.57. The number of amides is 1. The van der Waals surface area contributed by atoms with Crippen molar-refractivity contribution in [3.63, 3.8) is 0 Å². The average Bonchev–Trinajstić information content (AvgIpc) is 3.44. The molecule has 3 aliphatic carbocycles. The molecule has 0 spiro atoms.